The number of hydrogen-bond acceptors (Lipinski definition) is 2. The van der Waals surface area contributed by atoms with Gasteiger partial charge in [0.05, 0.1) is 32.4 Å². The smallest absolute Gasteiger partial charge is 0.195 e. The minimum Gasteiger partial charge on any atom is -0.463 e. The minimum atomic E-state index is 0.363. The second-order valence-electron chi connectivity index (χ2n) is 5.48. The molecule has 0 bridgehead atoms. The molecule has 1 saturated heterocycles. The van der Waals surface area contributed by atoms with Crippen LogP contribution >= 0.6 is 11.6 Å². The lowest BCUT2D eigenvalue weighted by Crippen LogP contribution is -3.16. The van der Waals surface area contributed by atoms with Crippen LogP contribution in [-0.2, 0) is 0 Å². The Hall–Kier alpha value is -1.49. The fourth-order valence-corrected chi connectivity index (χ4v) is 3.30. The Morgan fingerprint density at radius 1 is 1.24 bits per heavy atom. The molecule has 1 aliphatic heterocycles. The van der Waals surface area contributed by atoms with Gasteiger partial charge < -0.3 is 20.0 Å². The molecular weight excluding hydrogens is 286 g/mol. The zero-order valence-corrected chi connectivity index (χ0v) is 12.9. The average Bonchev–Trinajstić information content (AvgIpc) is 3.03. The highest BCUT2D eigenvalue weighted by Gasteiger charge is 2.30. The number of nitrogens with one attached hydrogen (secondary N) is 1. The van der Waals surface area contributed by atoms with Gasteiger partial charge in [-0.15, -0.1) is 0 Å². The van der Waals surface area contributed by atoms with Gasteiger partial charge >= 0.3 is 0 Å². The van der Waals surface area contributed by atoms with E-state index >= 15 is 0 Å². The predicted octanol–water partition coefficient (Wildman–Crippen LogP) is 0.621. The molecule has 1 atom stereocenters. The third kappa shape index (κ3) is 3.23. The number of quaternary nitrogens is 2. The van der Waals surface area contributed by atoms with Gasteiger partial charge in [-0.05, 0) is 30.3 Å². The summed E-state index contributed by atoms with van der Waals surface area (Å²) in [7, 11) is 0. The van der Waals surface area contributed by atoms with Gasteiger partial charge in [0.1, 0.15) is 6.54 Å². The number of halogens is 1. The molecule has 0 radical (unpaired) electrons. The summed E-state index contributed by atoms with van der Waals surface area (Å²) in [4.78, 5) is 3.95. The molecule has 0 unspecified atom stereocenters. The van der Waals surface area contributed by atoms with Crippen molar-refractivity contribution in [2.45, 2.75) is 6.04 Å². The van der Waals surface area contributed by atoms with Crippen molar-refractivity contribution >= 4 is 17.3 Å². The molecule has 3 rings (SSSR count). The van der Waals surface area contributed by atoms with E-state index in [-0.39, 0.29) is 0 Å². The maximum Gasteiger partial charge on any atom is 0.195 e. The van der Waals surface area contributed by atoms with Crippen molar-refractivity contribution in [1.29, 1.82) is 0 Å². The standard InChI is InChI=1S/C16H20ClN3O/c17-13-3-1-4-14(11-13)19-6-8-20(9-7-19)15(12-18)16-5-2-10-21-16/h1-5,10-11,15H,6-9,12,18H2/p+2/t15-/m1/s1. The molecule has 21 heavy (non-hydrogen) atoms. The lowest BCUT2D eigenvalue weighted by molar-refractivity contribution is -0.939. The van der Waals surface area contributed by atoms with Crippen LogP contribution in [0.15, 0.2) is 47.1 Å². The van der Waals surface area contributed by atoms with Gasteiger partial charge in [-0.3, -0.25) is 0 Å². The zero-order chi connectivity index (χ0) is 14.7. The van der Waals surface area contributed by atoms with Gasteiger partial charge in [-0.1, -0.05) is 17.7 Å². The summed E-state index contributed by atoms with van der Waals surface area (Å²) in [6, 6.07) is 12.5. The molecule has 1 aromatic heterocycles. The molecule has 1 aromatic carbocycles. The van der Waals surface area contributed by atoms with Crippen molar-refractivity contribution in [3.05, 3.63) is 53.4 Å². The molecule has 1 fully saturated rings. The Labute approximate surface area is 130 Å². The van der Waals surface area contributed by atoms with Crippen molar-refractivity contribution in [2.24, 2.45) is 0 Å². The van der Waals surface area contributed by atoms with E-state index in [1.807, 2.05) is 24.3 Å². The largest absolute Gasteiger partial charge is 0.463 e. The molecule has 0 amide bonds. The Morgan fingerprint density at radius 3 is 2.67 bits per heavy atom. The summed E-state index contributed by atoms with van der Waals surface area (Å²) in [5, 5.41) is 0.800. The van der Waals surface area contributed by atoms with Gasteiger partial charge in [0.2, 0.25) is 0 Å². The topological polar surface area (TPSA) is 48.5 Å². The summed E-state index contributed by atoms with van der Waals surface area (Å²) in [6.07, 6.45) is 1.75. The highest BCUT2D eigenvalue weighted by Crippen LogP contribution is 2.19. The number of furan rings is 1. The van der Waals surface area contributed by atoms with Crippen LogP contribution in [0.1, 0.15) is 11.8 Å². The molecule has 112 valence electrons. The summed E-state index contributed by atoms with van der Waals surface area (Å²) in [5.74, 6) is 1.05. The minimum absolute atomic E-state index is 0.363. The van der Waals surface area contributed by atoms with Crippen LogP contribution in [0.2, 0.25) is 5.02 Å². The highest BCUT2D eigenvalue weighted by atomic mass is 35.5. The first-order chi connectivity index (χ1) is 10.3. The number of anilines is 1. The van der Waals surface area contributed by atoms with E-state index in [4.69, 9.17) is 16.0 Å². The van der Waals surface area contributed by atoms with Crippen LogP contribution in [0, 0.1) is 0 Å². The number of hydrogen-bond donors (Lipinski definition) is 2. The Kier molecular flexibility index (Phi) is 4.48. The van der Waals surface area contributed by atoms with Crippen LogP contribution in [0.3, 0.4) is 0 Å². The van der Waals surface area contributed by atoms with Gasteiger partial charge in [0.25, 0.3) is 0 Å². The molecule has 2 heterocycles. The third-order valence-corrected chi connectivity index (χ3v) is 4.48. The quantitative estimate of drug-likeness (QED) is 0.870. The summed E-state index contributed by atoms with van der Waals surface area (Å²) < 4.78 is 5.58. The number of rotatable bonds is 4. The van der Waals surface area contributed by atoms with E-state index in [2.05, 4.69) is 22.8 Å². The van der Waals surface area contributed by atoms with Crippen molar-refractivity contribution in [3.63, 3.8) is 0 Å². The maximum atomic E-state index is 6.08. The first-order valence-corrected chi connectivity index (χ1v) is 7.83. The first kappa shape index (κ1) is 14.4. The van der Waals surface area contributed by atoms with Crippen molar-refractivity contribution < 1.29 is 15.1 Å². The van der Waals surface area contributed by atoms with E-state index in [9.17, 15) is 0 Å². The van der Waals surface area contributed by atoms with Crippen LogP contribution < -0.4 is 15.5 Å². The molecule has 5 heteroatoms. The number of piperazine rings is 1. The summed E-state index contributed by atoms with van der Waals surface area (Å²) >= 11 is 6.08. The first-order valence-electron chi connectivity index (χ1n) is 7.45. The molecule has 0 spiro atoms. The average molecular weight is 308 g/mol. The second-order valence-corrected chi connectivity index (χ2v) is 5.92. The van der Waals surface area contributed by atoms with Crippen molar-refractivity contribution in [1.82, 2.24) is 0 Å². The number of benzene rings is 1. The third-order valence-electron chi connectivity index (χ3n) is 4.25. The van der Waals surface area contributed by atoms with Gasteiger partial charge in [0.15, 0.2) is 11.8 Å². The van der Waals surface area contributed by atoms with E-state index < -0.39 is 0 Å². The lowest BCUT2D eigenvalue weighted by Gasteiger charge is -2.36. The predicted molar refractivity (Wildman–Crippen MR) is 83.6 cm³/mol. The van der Waals surface area contributed by atoms with Crippen LogP contribution in [0.25, 0.3) is 0 Å². The fraction of sp³-hybridized carbons (Fsp3) is 0.375. The molecule has 4 N–H and O–H groups in total. The molecule has 4 nitrogen and oxygen atoms in total. The second kappa shape index (κ2) is 6.52. The van der Waals surface area contributed by atoms with Gasteiger partial charge in [-0.25, -0.2) is 0 Å². The summed E-state index contributed by atoms with van der Waals surface area (Å²) in [6.45, 7) is 5.11. The van der Waals surface area contributed by atoms with Crippen molar-refractivity contribution in [3.8, 4) is 0 Å². The molecule has 1 aliphatic rings. The number of nitrogens with zero attached hydrogens (tertiary/aromatic N) is 1. The monoisotopic (exact) mass is 307 g/mol. The Bertz CT molecular complexity index is 565. The van der Waals surface area contributed by atoms with Crippen LogP contribution in [0.5, 0.6) is 0 Å². The van der Waals surface area contributed by atoms with Crippen molar-refractivity contribution in [2.75, 3.05) is 37.6 Å². The molecular formula is C16H22ClN3O+2. The van der Waals surface area contributed by atoms with E-state index in [0.29, 0.717) is 6.04 Å². The zero-order valence-electron chi connectivity index (χ0n) is 12.1. The van der Waals surface area contributed by atoms with E-state index in [1.54, 1.807) is 11.2 Å². The lowest BCUT2D eigenvalue weighted by atomic mass is 10.1. The molecule has 2 aromatic rings. The van der Waals surface area contributed by atoms with Crippen LogP contribution in [-0.4, -0.2) is 32.7 Å². The SMILES string of the molecule is [NH3+]C[C@H](c1ccco1)[NH+]1CCN(c2cccc(Cl)c2)CC1. The molecule has 0 aliphatic carbocycles. The maximum absolute atomic E-state index is 6.08. The fourth-order valence-electron chi connectivity index (χ4n) is 3.11. The molecule has 0 saturated carbocycles. The van der Waals surface area contributed by atoms with Crippen LogP contribution in [0.4, 0.5) is 5.69 Å². The van der Waals surface area contributed by atoms with E-state index in [0.717, 1.165) is 43.5 Å². The Balaban J connectivity index is 1.64. The summed E-state index contributed by atoms with van der Waals surface area (Å²) in [5.41, 5.74) is 5.31. The normalized spacial score (nSPS) is 17.9. The van der Waals surface area contributed by atoms with Gasteiger partial charge in [0, 0.05) is 10.7 Å². The van der Waals surface area contributed by atoms with E-state index in [1.165, 1.54) is 5.69 Å². The Morgan fingerprint density at radius 2 is 2.05 bits per heavy atom. The highest BCUT2D eigenvalue weighted by molar-refractivity contribution is 6.30. The van der Waals surface area contributed by atoms with Gasteiger partial charge in [-0.2, -0.15) is 0 Å².